The zero-order chi connectivity index (χ0) is 24.2. The fraction of sp³-hybridized carbons (Fsp3) is 0.200. The molecular formula is C25H20Cl3NO5. The standard InChI is InChI=1S/C25H20Cl3NO5/c26-16-4-1-14(20(27)11-16)7-9-29-24(30)15-2-5-17(6-3-15)34-23-13-22-19(12-21(23)28)18(25(31)32)8-10-33-22/h1-6,11-13,18H,7-10H2,(H,29,30)(H,31,32)/t18-/m0/s1. The van der Waals surface area contributed by atoms with E-state index >= 15 is 0 Å². The van der Waals surface area contributed by atoms with Gasteiger partial charge in [0.25, 0.3) is 5.91 Å². The highest BCUT2D eigenvalue weighted by Crippen LogP contribution is 2.41. The lowest BCUT2D eigenvalue weighted by Crippen LogP contribution is -2.25. The number of benzene rings is 3. The highest BCUT2D eigenvalue weighted by Gasteiger charge is 2.29. The number of rotatable bonds is 7. The molecule has 1 aliphatic heterocycles. The molecule has 0 aromatic heterocycles. The van der Waals surface area contributed by atoms with E-state index in [0.717, 1.165) is 5.56 Å². The summed E-state index contributed by atoms with van der Waals surface area (Å²) in [5.41, 5.74) is 1.90. The Morgan fingerprint density at radius 3 is 2.50 bits per heavy atom. The average Bonchev–Trinajstić information content (AvgIpc) is 2.81. The second-order valence-corrected chi connectivity index (χ2v) is 8.97. The smallest absolute Gasteiger partial charge is 0.311 e. The van der Waals surface area contributed by atoms with Gasteiger partial charge >= 0.3 is 5.97 Å². The fourth-order valence-corrected chi connectivity index (χ4v) is 4.38. The van der Waals surface area contributed by atoms with E-state index in [4.69, 9.17) is 44.3 Å². The molecule has 9 heteroatoms. The van der Waals surface area contributed by atoms with Crippen molar-refractivity contribution in [1.82, 2.24) is 5.32 Å². The van der Waals surface area contributed by atoms with Gasteiger partial charge in [0.1, 0.15) is 17.2 Å². The Bertz CT molecular complexity index is 1230. The second kappa shape index (κ2) is 10.6. The first-order valence-corrected chi connectivity index (χ1v) is 11.6. The third-order valence-electron chi connectivity index (χ3n) is 5.44. The largest absolute Gasteiger partial charge is 0.493 e. The van der Waals surface area contributed by atoms with Crippen molar-refractivity contribution in [2.75, 3.05) is 13.2 Å². The van der Waals surface area contributed by atoms with Gasteiger partial charge in [0.15, 0.2) is 0 Å². The number of nitrogens with one attached hydrogen (secondary N) is 1. The van der Waals surface area contributed by atoms with Crippen LogP contribution in [0.5, 0.6) is 17.2 Å². The first-order valence-electron chi connectivity index (χ1n) is 10.5. The van der Waals surface area contributed by atoms with Crippen molar-refractivity contribution in [3.8, 4) is 17.2 Å². The molecule has 0 aliphatic carbocycles. The molecule has 0 saturated heterocycles. The molecule has 0 fully saturated rings. The van der Waals surface area contributed by atoms with Crippen molar-refractivity contribution in [2.24, 2.45) is 0 Å². The predicted molar refractivity (Wildman–Crippen MR) is 131 cm³/mol. The number of aliphatic carboxylic acids is 1. The van der Waals surface area contributed by atoms with Crippen LogP contribution in [0.2, 0.25) is 15.1 Å². The molecule has 0 radical (unpaired) electrons. The minimum Gasteiger partial charge on any atom is -0.493 e. The van der Waals surface area contributed by atoms with Gasteiger partial charge in [-0.3, -0.25) is 9.59 Å². The highest BCUT2D eigenvalue weighted by molar-refractivity contribution is 6.35. The molecule has 176 valence electrons. The third-order valence-corrected chi connectivity index (χ3v) is 6.32. The van der Waals surface area contributed by atoms with E-state index in [2.05, 4.69) is 5.32 Å². The summed E-state index contributed by atoms with van der Waals surface area (Å²) in [6, 6.07) is 15.0. The van der Waals surface area contributed by atoms with E-state index in [1.165, 1.54) is 0 Å². The van der Waals surface area contributed by atoms with Crippen LogP contribution in [0.15, 0.2) is 54.6 Å². The Labute approximate surface area is 211 Å². The zero-order valence-corrected chi connectivity index (χ0v) is 20.1. The van der Waals surface area contributed by atoms with Crippen molar-refractivity contribution >= 4 is 46.7 Å². The van der Waals surface area contributed by atoms with Crippen LogP contribution in [0.1, 0.15) is 33.8 Å². The van der Waals surface area contributed by atoms with Gasteiger partial charge in [-0.05, 0) is 60.9 Å². The van der Waals surface area contributed by atoms with Crippen LogP contribution in [-0.2, 0) is 11.2 Å². The number of carboxylic acids is 1. The second-order valence-electron chi connectivity index (χ2n) is 7.72. The van der Waals surface area contributed by atoms with Gasteiger partial charge in [0.05, 0.1) is 17.5 Å². The molecule has 6 nitrogen and oxygen atoms in total. The Morgan fingerprint density at radius 1 is 1.03 bits per heavy atom. The van der Waals surface area contributed by atoms with E-state index in [0.29, 0.717) is 64.4 Å². The maximum Gasteiger partial charge on any atom is 0.311 e. The molecule has 0 spiro atoms. The number of amides is 1. The first kappa shape index (κ1) is 24.2. The summed E-state index contributed by atoms with van der Waals surface area (Å²) in [6.45, 7) is 0.722. The summed E-state index contributed by atoms with van der Waals surface area (Å²) < 4.78 is 11.5. The van der Waals surface area contributed by atoms with E-state index in [1.807, 2.05) is 6.07 Å². The minimum absolute atomic E-state index is 0.225. The van der Waals surface area contributed by atoms with Crippen molar-refractivity contribution in [3.05, 3.63) is 86.4 Å². The van der Waals surface area contributed by atoms with Crippen LogP contribution in [0.3, 0.4) is 0 Å². The predicted octanol–water partition coefficient (Wildman–Crippen LogP) is 6.36. The number of carboxylic acid groups (broad SMARTS) is 1. The Hall–Kier alpha value is -2.93. The van der Waals surface area contributed by atoms with Crippen molar-refractivity contribution < 1.29 is 24.2 Å². The summed E-state index contributed by atoms with van der Waals surface area (Å²) in [5, 5.41) is 13.7. The fourth-order valence-electron chi connectivity index (χ4n) is 3.66. The molecule has 4 rings (SSSR count). The van der Waals surface area contributed by atoms with Gasteiger partial charge < -0.3 is 19.9 Å². The topological polar surface area (TPSA) is 84.9 Å². The summed E-state index contributed by atoms with van der Waals surface area (Å²) in [7, 11) is 0. The molecule has 0 saturated carbocycles. The van der Waals surface area contributed by atoms with E-state index in [9.17, 15) is 14.7 Å². The van der Waals surface area contributed by atoms with Crippen LogP contribution >= 0.6 is 34.8 Å². The van der Waals surface area contributed by atoms with Gasteiger partial charge in [0, 0.05) is 33.8 Å². The molecule has 1 aliphatic rings. The maximum absolute atomic E-state index is 12.5. The summed E-state index contributed by atoms with van der Waals surface area (Å²) in [6.07, 6.45) is 0.958. The van der Waals surface area contributed by atoms with Gasteiger partial charge in [0.2, 0.25) is 0 Å². The molecule has 0 bridgehead atoms. The average molecular weight is 521 g/mol. The molecule has 2 N–H and O–H groups in total. The number of halogens is 3. The lowest BCUT2D eigenvalue weighted by Gasteiger charge is -2.24. The number of hydrogen-bond acceptors (Lipinski definition) is 4. The summed E-state index contributed by atoms with van der Waals surface area (Å²) in [4.78, 5) is 23.9. The van der Waals surface area contributed by atoms with Crippen molar-refractivity contribution in [2.45, 2.75) is 18.8 Å². The summed E-state index contributed by atoms with van der Waals surface area (Å²) in [5.74, 6) is -0.560. The molecule has 3 aromatic carbocycles. The molecule has 1 amide bonds. The number of hydrogen-bond donors (Lipinski definition) is 2. The number of carbonyl (C=O) groups excluding carboxylic acids is 1. The lowest BCUT2D eigenvalue weighted by molar-refractivity contribution is -0.139. The molecule has 3 aromatic rings. The molecular weight excluding hydrogens is 501 g/mol. The molecule has 1 heterocycles. The quantitative estimate of drug-likeness (QED) is 0.378. The number of fused-ring (bicyclic) bond motifs is 1. The van der Waals surface area contributed by atoms with Crippen LogP contribution in [0.4, 0.5) is 0 Å². The van der Waals surface area contributed by atoms with Gasteiger partial charge in [-0.15, -0.1) is 0 Å². The van der Waals surface area contributed by atoms with Crippen LogP contribution in [0, 0.1) is 0 Å². The van der Waals surface area contributed by atoms with Crippen LogP contribution in [0.25, 0.3) is 0 Å². The van der Waals surface area contributed by atoms with E-state index < -0.39 is 11.9 Å². The van der Waals surface area contributed by atoms with Gasteiger partial charge in [-0.25, -0.2) is 0 Å². The number of ether oxygens (including phenoxy) is 2. The van der Waals surface area contributed by atoms with Gasteiger partial charge in [-0.1, -0.05) is 40.9 Å². The highest BCUT2D eigenvalue weighted by atomic mass is 35.5. The van der Waals surface area contributed by atoms with E-state index in [1.54, 1.807) is 48.5 Å². The molecule has 1 atom stereocenters. The maximum atomic E-state index is 12.5. The lowest BCUT2D eigenvalue weighted by atomic mass is 9.93. The minimum atomic E-state index is -0.917. The number of carbonyl (C=O) groups is 2. The normalized spacial score (nSPS) is 14.6. The van der Waals surface area contributed by atoms with Crippen LogP contribution in [-0.4, -0.2) is 30.1 Å². The van der Waals surface area contributed by atoms with Gasteiger partial charge in [-0.2, -0.15) is 0 Å². The zero-order valence-electron chi connectivity index (χ0n) is 17.8. The first-order chi connectivity index (χ1) is 16.3. The molecule has 0 unspecified atom stereocenters. The Kier molecular flexibility index (Phi) is 7.51. The monoisotopic (exact) mass is 519 g/mol. The SMILES string of the molecule is O=C(NCCc1ccc(Cl)cc1Cl)c1ccc(Oc2cc3c(cc2Cl)[C@@H](C(=O)O)CCO3)cc1. The van der Waals surface area contributed by atoms with Crippen molar-refractivity contribution in [3.63, 3.8) is 0 Å². The Morgan fingerprint density at radius 2 is 1.79 bits per heavy atom. The van der Waals surface area contributed by atoms with Crippen molar-refractivity contribution in [1.29, 1.82) is 0 Å². The Balaban J connectivity index is 1.38. The van der Waals surface area contributed by atoms with Crippen LogP contribution < -0.4 is 14.8 Å². The third kappa shape index (κ3) is 5.58. The molecule has 34 heavy (non-hydrogen) atoms. The summed E-state index contributed by atoms with van der Waals surface area (Å²) >= 11 is 18.4. The van der Waals surface area contributed by atoms with E-state index in [-0.39, 0.29) is 10.9 Å².